The Morgan fingerprint density at radius 2 is 1.05 bits per heavy atom. The van der Waals surface area contributed by atoms with Crippen molar-refractivity contribution in [3.05, 3.63) is 0 Å². The van der Waals surface area contributed by atoms with Crippen LogP contribution in [0.3, 0.4) is 0 Å². The number of aliphatic hydroxyl groups excluding tert-OH is 4. The van der Waals surface area contributed by atoms with E-state index in [0.717, 1.165) is 149 Å². The van der Waals surface area contributed by atoms with Gasteiger partial charge >= 0.3 is 20.0 Å². The van der Waals surface area contributed by atoms with E-state index in [-0.39, 0.29) is 12.5 Å². The van der Waals surface area contributed by atoms with Gasteiger partial charge in [-0.15, -0.1) is 0 Å². The van der Waals surface area contributed by atoms with Crippen LogP contribution in [0.1, 0.15) is 116 Å². The minimum Gasteiger partial charge on any atom is -0.542 e. The van der Waals surface area contributed by atoms with Gasteiger partial charge in [0.1, 0.15) is 24.4 Å². The maximum atomic E-state index is 12.3. The van der Waals surface area contributed by atoms with E-state index in [9.17, 15) is 35.1 Å². The minimum atomic E-state index is -1.43. The van der Waals surface area contributed by atoms with Gasteiger partial charge in [-0.25, -0.2) is 0 Å². The Morgan fingerprint density at radius 1 is 0.607 bits per heavy atom. The van der Waals surface area contributed by atoms with Crippen LogP contribution in [0.25, 0.3) is 0 Å². The summed E-state index contributed by atoms with van der Waals surface area (Å²) in [4.78, 5) is 33.4. The Morgan fingerprint density at radius 3 is 1.54 bits per heavy atom. The summed E-state index contributed by atoms with van der Waals surface area (Å²) in [6.45, 7) is 9.65. The van der Waals surface area contributed by atoms with Crippen molar-refractivity contribution in [2.24, 2.45) is 5.73 Å². The van der Waals surface area contributed by atoms with Crippen LogP contribution < -0.4 is 5.73 Å². The zero-order chi connectivity index (χ0) is 40.8. The summed E-state index contributed by atoms with van der Waals surface area (Å²) >= 11 is 0. The van der Waals surface area contributed by atoms with Gasteiger partial charge in [0.2, 0.25) is 0 Å². The van der Waals surface area contributed by atoms with Gasteiger partial charge in [0.25, 0.3) is 0 Å². The fourth-order valence-electron chi connectivity index (χ4n) is 7.69. The van der Waals surface area contributed by atoms with E-state index in [2.05, 4.69) is 19.6 Å². The first-order valence-corrected chi connectivity index (χ1v) is 22.0. The average Bonchev–Trinajstić information content (AvgIpc) is 3.18. The molecular formula is C40H80BN5O10. The van der Waals surface area contributed by atoms with Crippen molar-refractivity contribution in [2.75, 3.05) is 98.3 Å². The van der Waals surface area contributed by atoms with Crippen LogP contribution in [0.4, 0.5) is 0 Å². The number of nitrogens with two attached hydrogens (primary N) is 1. The van der Waals surface area contributed by atoms with Crippen molar-refractivity contribution >= 4 is 20.0 Å². The van der Waals surface area contributed by atoms with Crippen molar-refractivity contribution in [2.45, 2.75) is 146 Å². The molecule has 15 nitrogen and oxygen atoms in total. The molecule has 0 aromatic rings. The molecule has 2 heterocycles. The lowest BCUT2D eigenvalue weighted by Crippen LogP contribution is -2.59. The summed E-state index contributed by atoms with van der Waals surface area (Å²) in [6.07, 6.45) is 13.9. The van der Waals surface area contributed by atoms with Gasteiger partial charge in [-0.2, -0.15) is 0 Å². The third kappa shape index (κ3) is 23.2. The Bertz CT molecular complexity index is 992. The number of aliphatic hydroxyl groups is 4. The molecule has 0 aromatic carbocycles. The number of nitrogens with zero attached hydrogens (tertiary/aromatic N) is 4. The summed E-state index contributed by atoms with van der Waals surface area (Å²) in [5.74, 6) is -0.982. The van der Waals surface area contributed by atoms with E-state index < -0.39 is 43.3 Å². The fourth-order valence-corrected chi connectivity index (χ4v) is 7.69. The van der Waals surface area contributed by atoms with Gasteiger partial charge in [0.15, 0.2) is 6.29 Å². The standard InChI is InChI=1S/C40H80BN5O10/c41-56-36(50)32-46-25-18-23-43(20-14-11-7-3-4-8-12-16-30-54-40-39(53)38(52)37(51)34(33-47)55-40)26-28-45(31-35(48)49)24-17-22-44(27-29-46)21-15-10-6-2-1-5-9-13-19-42/h34,37-40,47,51-53H,1-33,41-42H2,(H,48,49). The minimum absolute atomic E-state index is 0.0614. The lowest BCUT2D eigenvalue weighted by atomic mass is 9.99. The van der Waals surface area contributed by atoms with E-state index in [1.807, 2.05) is 0 Å². The highest BCUT2D eigenvalue weighted by molar-refractivity contribution is 6.05. The molecule has 0 aliphatic carbocycles. The maximum Gasteiger partial charge on any atom is 0.326 e. The number of carbonyl (C=O) groups excluding carboxylic acids is 1. The maximum absolute atomic E-state index is 12.3. The van der Waals surface area contributed by atoms with Gasteiger partial charge in [0.05, 0.1) is 19.7 Å². The van der Waals surface area contributed by atoms with Crippen LogP contribution in [-0.2, 0) is 23.7 Å². The van der Waals surface area contributed by atoms with E-state index in [0.29, 0.717) is 13.2 Å². The molecule has 2 fully saturated rings. The smallest absolute Gasteiger partial charge is 0.326 e. The van der Waals surface area contributed by atoms with Crippen LogP contribution >= 0.6 is 0 Å². The van der Waals surface area contributed by atoms with Crippen LogP contribution in [-0.4, -0.2) is 194 Å². The Kier molecular flexibility index (Phi) is 29.4. The molecule has 0 aromatic heterocycles. The molecule has 2 aliphatic heterocycles. The lowest BCUT2D eigenvalue weighted by Gasteiger charge is -2.39. The van der Waals surface area contributed by atoms with Crippen LogP contribution in [0, 0.1) is 0 Å². The van der Waals surface area contributed by atoms with Crippen molar-refractivity contribution < 1.29 is 49.2 Å². The number of carboxylic acids is 1. The van der Waals surface area contributed by atoms with Crippen LogP contribution in [0.2, 0.25) is 0 Å². The molecule has 2 saturated heterocycles. The second-order valence-corrected chi connectivity index (χ2v) is 15.9. The second kappa shape index (κ2) is 32.4. The predicted octanol–water partition coefficient (Wildman–Crippen LogP) is 1.18. The van der Waals surface area contributed by atoms with Gasteiger partial charge < -0.3 is 55.2 Å². The number of hydrogen-bond donors (Lipinski definition) is 6. The summed E-state index contributed by atoms with van der Waals surface area (Å²) in [5.41, 5.74) is 5.61. The first kappa shape index (κ1) is 50.7. The molecule has 0 amide bonds. The SMILES string of the molecule is BOC(=O)CN1CCCN(CCCCCCCCCCOC2OC(CO)C(O)C(O)C2O)CCN(CC(=O)O)CCCN(CCCCCCCCCCN)CC1. The summed E-state index contributed by atoms with van der Waals surface area (Å²) in [6, 6.07) is 0. The summed E-state index contributed by atoms with van der Waals surface area (Å²) in [7, 11) is 1.45. The number of hydrogen-bond acceptors (Lipinski definition) is 14. The van der Waals surface area contributed by atoms with Crippen molar-refractivity contribution in [3.63, 3.8) is 0 Å². The second-order valence-electron chi connectivity index (χ2n) is 15.9. The van der Waals surface area contributed by atoms with E-state index in [1.165, 1.54) is 46.6 Å². The van der Waals surface area contributed by atoms with E-state index in [4.69, 9.17) is 19.9 Å². The first-order valence-electron chi connectivity index (χ1n) is 22.0. The van der Waals surface area contributed by atoms with Gasteiger partial charge in [-0.3, -0.25) is 19.4 Å². The van der Waals surface area contributed by atoms with Crippen molar-refractivity contribution in [1.82, 2.24) is 19.6 Å². The Balaban J connectivity index is 1.75. The summed E-state index contributed by atoms with van der Waals surface area (Å²) < 4.78 is 16.0. The number of carbonyl (C=O) groups is 2. The summed E-state index contributed by atoms with van der Waals surface area (Å²) in [5, 5.41) is 48.9. The number of rotatable bonds is 27. The Labute approximate surface area is 338 Å². The highest BCUT2D eigenvalue weighted by Crippen LogP contribution is 2.22. The highest BCUT2D eigenvalue weighted by atomic mass is 16.7. The molecular weight excluding hydrogens is 721 g/mol. The topological polar surface area (TPSA) is 202 Å². The third-order valence-corrected chi connectivity index (χ3v) is 11.2. The van der Waals surface area contributed by atoms with Crippen molar-refractivity contribution in [3.8, 4) is 0 Å². The molecule has 0 bridgehead atoms. The normalized spacial score (nSPS) is 24.6. The van der Waals surface area contributed by atoms with Gasteiger partial charge in [-0.05, 0) is 71.2 Å². The highest BCUT2D eigenvalue weighted by Gasteiger charge is 2.43. The van der Waals surface area contributed by atoms with Gasteiger partial charge in [-0.1, -0.05) is 77.0 Å². The molecule has 7 N–H and O–H groups in total. The van der Waals surface area contributed by atoms with Crippen LogP contribution in [0.5, 0.6) is 0 Å². The molecule has 0 saturated carbocycles. The number of unbranched alkanes of at least 4 members (excludes halogenated alkanes) is 14. The molecule has 328 valence electrons. The molecule has 0 spiro atoms. The Hall–Kier alpha value is -1.44. The molecule has 2 aliphatic rings. The number of carboxylic acid groups (broad SMARTS) is 1. The van der Waals surface area contributed by atoms with E-state index in [1.54, 1.807) is 0 Å². The number of ether oxygens (including phenoxy) is 2. The molecule has 5 unspecified atom stereocenters. The zero-order valence-corrected chi connectivity index (χ0v) is 34.9. The largest absolute Gasteiger partial charge is 0.542 e. The van der Waals surface area contributed by atoms with Crippen LogP contribution in [0.15, 0.2) is 0 Å². The number of aliphatic carboxylic acids is 1. The molecule has 5 atom stereocenters. The molecule has 56 heavy (non-hydrogen) atoms. The van der Waals surface area contributed by atoms with Gasteiger partial charge in [0, 0.05) is 45.9 Å². The molecule has 2 rings (SSSR count). The third-order valence-electron chi connectivity index (χ3n) is 11.2. The predicted molar refractivity (Wildman–Crippen MR) is 220 cm³/mol. The fraction of sp³-hybridized carbons (Fsp3) is 0.950. The quantitative estimate of drug-likeness (QED) is 0.0511. The first-order chi connectivity index (χ1) is 27.2. The monoisotopic (exact) mass is 802 g/mol. The molecule has 0 radical (unpaired) electrons. The zero-order valence-electron chi connectivity index (χ0n) is 34.9. The van der Waals surface area contributed by atoms with E-state index >= 15 is 0 Å². The average molecular weight is 802 g/mol. The lowest BCUT2D eigenvalue weighted by molar-refractivity contribution is -0.301. The molecule has 16 heteroatoms. The van der Waals surface area contributed by atoms with Crippen molar-refractivity contribution in [1.29, 1.82) is 0 Å².